The molecule has 152 valence electrons. The zero-order valence-corrected chi connectivity index (χ0v) is 18.2. The van der Waals surface area contributed by atoms with Crippen LogP contribution in [0.2, 0.25) is 10.0 Å². The van der Waals surface area contributed by atoms with Gasteiger partial charge >= 0.3 is 0 Å². The quantitative estimate of drug-likeness (QED) is 0.673. The summed E-state index contributed by atoms with van der Waals surface area (Å²) in [5.74, 6) is 0.182. The number of ether oxygens (including phenoxy) is 1. The number of amides is 1. The van der Waals surface area contributed by atoms with Crippen molar-refractivity contribution in [3.8, 4) is 5.75 Å². The second kappa shape index (κ2) is 9.60. The minimum atomic E-state index is -3.81. The van der Waals surface area contributed by atoms with Crippen LogP contribution in [0.3, 0.4) is 0 Å². The first kappa shape index (κ1) is 22.5. The number of rotatable bonds is 8. The summed E-state index contributed by atoms with van der Waals surface area (Å²) in [6.07, 6.45) is 0. The Balaban J connectivity index is 2.03. The zero-order chi connectivity index (χ0) is 20.9. The molecule has 28 heavy (non-hydrogen) atoms. The fourth-order valence-electron chi connectivity index (χ4n) is 2.48. The lowest BCUT2D eigenvalue weighted by molar-refractivity contribution is -0.121. The minimum Gasteiger partial charge on any atom is -0.494 e. The van der Waals surface area contributed by atoms with Gasteiger partial charge in [-0.15, -0.1) is 0 Å². The van der Waals surface area contributed by atoms with Gasteiger partial charge < -0.3 is 10.1 Å². The maximum absolute atomic E-state index is 12.7. The summed E-state index contributed by atoms with van der Waals surface area (Å²) in [6, 6.07) is 9.56. The lowest BCUT2D eigenvalue weighted by Gasteiger charge is -2.18. The number of benzene rings is 2. The van der Waals surface area contributed by atoms with Crippen molar-refractivity contribution in [3.05, 3.63) is 57.6 Å². The fraction of sp³-hybridized carbons (Fsp3) is 0.316. The number of nitrogens with one attached hydrogen (secondary N) is 1. The smallest absolute Gasteiger partial charge is 0.243 e. The Bertz CT molecular complexity index is 964. The molecule has 0 saturated carbocycles. The van der Waals surface area contributed by atoms with E-state index in [1.807, 2.05) is 6.92 Å². The highest BCUT2D eigenvalue weighted by Crippen LogP contribution is 2.24. The van der Waals surface area contributed by atoms with Gasteiger partial charge in [0, 0.05) is 23.6 Å². The van der Waals surface area contributed by atoms with E-state index >= 15 is 0 Å². The molecule has 0 radical (unpaired) electrons. The molecule has 1 N–H and O–H groups in total. The number of carbonyl (C=O) groups excluding carboxylic acids is 1. The van der Waals surface area contributed by atoms with Crippen LogP contribution in [0, 0.1) is 6.92 Å². The molecule has 0 heterocycles. The van der Waals surface area contributed by atoms with Gasteiger partial charge in [-0.2, -0.15) is 4.31 Å². The highest BCUT2D eigenvalue weighted by Gasteiger charge is 2.23. The Labute approximate surface area is 175 Å². The van der Waals surface area contributed by atoms with Crippen molar-refractivity contribution in [2.45, 2.75) is 25.3 Å². The van der Waals surface area contributed by atoms with E-state index in [1.165, 1.54) is 19.2 Å². The molecule has 9 heteroatoms. The van der Waals surface area contributed by atoms with Crippen LogP contribution >= 0.6 is 23.2 Å². The monoisotopic (exact) mass is 444 g/mol. The highest BCUT2D eigenvalue weighted by molar-refractivity contribution is 7.89. The summed E-state index contributed by atoms with van der Waals surface area (Å²) in [4.78, 5) is 12.3. The lowest BCUT2D eigenvalue weighted by Crippen LogP contribution is -2.38. The molecular weight excluding hydrogens is 423 g/mol. The van der Waals surface area contributed by atoms with Gasteiger partial charge in [-0.05, 0) is 55.3 Å². The van der Waals surface area contributed by atoms with Gasteiger partial charge in [0.25, 0.3) is 0 Å². The van der Waals surface area contributed by atoms with Crippen LogP contribution < -0.4 is 10.1 Å². The van der Waals surface area contributed by atoms with Crippen LogP contribution in [0.1, 0.15) is 18.1 Å². The predicted molar refractivity (Wildman–Crippen MR) is 110 cm³/mol. The third-order valence-electron chi connectivity index (χ3n) is 4.01. The Kier molecular flexibility index (Phi) is 7.71. The minimum absolute atomic E-state index is 0.101. The van der Waals surface area contributed by atoms with Crippen molar-refractivity contribution < 1.29 is 17.9 Å². The van der Waals surface area contributed by atoms with Crippen molar-refractivity contribution in [2.75, 3.05) is 20.2 Å². The number of carbonyl (C=O) groups is 1. The van der Waals surface area contributed by atoms with E-state index in [0.29, 0.717) is 33.5 Å². The molecule has 2 aromatic carbocycles. The van der Waals surface area contributed by atoms with Crippen LogP contribution in [-0.4, -0.2) is 38.8 Å². The third-order valence-corrected chi connectivity index (χ3v) is 6.40. The molecule has 0 fully saturated rings. The molecule has 0 aliphatic rings. The Morgan fingerprint density at radius 1 is 1.18 bits per heavy atom. The molecule has 0 atom stereocenters. The number of likely N-dealkylation sites (N-methyl/N-ethyl adjacent to an activating group) is 1. The summed E-state index contributed by atoms with van der Waals surface area (Å²) in [5.41, 5.74) is 1.39. The molecule has 0 saturated heterocycles. The SMILES string of the molecule is CCOc1ccc(S(=O)(=O)N(C)CC(=O)NCc2ccc(Cl)cc2Cl)cc1C. The first-order valence-electron chi connectivity index (χ1n) is 8.55. The van der Waals surface area contributed by atoms with Crippen molar-refractivity contribution in [1.29, 1.82) is 0 Å². The van der Waals surface area contributed by atoms with E-state index in [0.717, 1.165) is 4.31 Å². The normalized spacial score (nSPS) is 11.5. The average molecular weight is 445 g/mol. The third kappa shape index (κ3) is 5.61. The van der Waals surface area contributed by atoms with E-state index in [4.69, 9.17) is 27.9 Å². The second-order valence-corrected chi connectivity index (χ2v) is 9.02. The van der Waals surface area contributed by atoms with Crippen molar-refractivity contribution in [3.63, 3.8) is 0 Å². The molecule has 1 amide bonds. The van der Waals surface area contributed by atoms with Crippen LogP contribution in [0.25, 0.3) is 0 Å². The number of halogens is 2. The zero-order valence-electron chi connectivity index (χ0n) is 15.8. The van der Waals surface area contributed by atoms with Gasteiger partial charge in [-0.1, -0.05) is 29.3 Å². The van der Waals surface area contributed by atoms with E-state index in [2.05, 4.69) is 5.32 Å². The molecule has 0 spiro atoms. The molecular formula is C19H22Cl2N2O4S. The number of hydrogen-bond donors (Lipinski definition) is 1. The second-order valence-electron chi connectivity index (χ2n) is 6.13. The van der Waals surface area contributed by atoms with Crippen LogP contribution in [-0.2, 0) is 21.4 Å². The van der Waals surface area contributed by atoms with Gasteiger partial charge in [0.05, 0.1) is 18.0 Å². The number of aryl methyl sites for hydroxylation is 1. The maximum Gasteiger partial charge on any atom is 0.243 e. The topological polar surface area (TPSA) is 75.7 Å². The average Bonchev–Trinajstić information content (AvgIpc) is 2.62. The largest absolute Gasteiger partial charge is 0.494 e. The molecule has 0 aromatic heterocycles. The maximum atomic E-state index is 12.7. The van der Waals surface area contributed by atoms with Crippen molar-refractivity contribution in [2.24, 2.45) is 0 Å². The molecule has 6 nitrogen and oxygen atoms in total. The van der Waals surface area contributed by atoms with E-state index < -0.39 is 15.9 Å². The van der Waals surface area contributed by atoms with Crippen molar-refractivity contribution in [1.82, 2.24) is 9.62 Å². The number of hydrogen-bond acceptors (Lipinski definition) is 4. The summed E-state index contributed by atoms with van der Waals surface area (Å²) in [7, 11) is -2.45. The molecule has 2 rings (SSSR count). The van der Waals surface area contributed by atoms with Crippen molar-refractivity contribution >= 4 is 39.1 Å². The number of sulfonamides is 1. The summed E-state index contributed by atoms with van der Waals surface area (Å²) in [5, 5.41) is 3.58. The van der Waals surface area contributed by atoms with Crippen LogP contribution in [0.5, 0.6) is 5.75 Å². The standard InChI is InChI=1S/C19H22Cl2N2O4S/c1-4-27-18-8-7-16(9-13(18)2)28(25,26)23(3)12-19(24)22-11-14-5-6-15(20)10-17(14)21/h5-10H,4,11-12H2,1-3H3,(H,22,24). The molecule has 0 aliphatic heterocycles. The first-order valence-corrected chi connectivity index (χ1v) is 10.7. The van der Waals surface area contributed by atoms with Gasteiger partial charge in [-0.3, -0.25) is 4.79 Å². The summed E-state index contributed by atoms with van der Waals surface area (Å²) < 4.78 is 31.9. The van der Waals surface area contributed by atoms with Gasteiger partial charge in [0.1, 0.15) is 5.75 Å². The Hall–Kier alpha value is -1.80. The van der Waals surface area contributed by atoms with Crippen LogP contribution in [0.4, 0.5) is 0 Å². The summed E-state index contributed by atoms with van der Waals surface area (Å²) >= 11 is 11.9. The molecule has 2 aromatic rings. The van der Waals surface area contributed by atoms with Crippen LogP contribution in [0.15, 0.2) is 41.3 Å². The number of nitrogens with zero attached hydrogens (tertiary/aromatic N) is 1. The van der Waals surface area contributed by atoms with Gasteiger partial charge in [0.15, 0.2) is 0 Å². The molecule has 0 aliphatic carbocycles. The summed E-state index contributed by atoms with van der Waals surface area (Å²) in [6.45, 7) is 3.97. The fourth-order valence-corrected chi connectivity index (χ4v) is 4.17. The predicted octanol–water partition coefficient (Wildman–Crippen LogP) is 3.64. The van der Waals surface area contributed by atoms with E-state index in [1.54, 1.807) is 31.2 Å². The Morgan fingerprint density at radius 3 is 2.50 bits per heavy atom. The molecule has 0 bridgehead atoms. The molecule has 0 unspecified atom stereocenters. The Morgan fingerprint density at radius 2 is 1.89 bits per heavy atom. The van der Waals surface area contributed by atoms with Gasteiger partial charge in [-0.25, -0.2) is 8.42 Å². The van der Waals surface area contributed by atoms with E-state index in [9.17, 15) is 13.2 Å². The lowest BCUT2D eigenvalue weighted by atomic mass is 10.2. The highest BCUT2D eigenvalue weighted by atomic mass is 35.5. The van der Waals surface area contributed by atoms with E-state index in [-0.39, 0.29) is 18.0 Å². The first-order chi connectivity index (χ1) is 13.1. The van der Waals surface area contributed by atoms with Gasteiger partial charge in [0.2, 0.25) is 15.9 Å².